The summed E-state index contributed by atoms with van der Waals surface area (Å²) in [6, 6.07) is 0. The SMILES string of the molecule is NC(=NCCN1CCOCC1)c1cnccn1. The smallest absolute Gasteiger partial charge is 0.146 e. The maximum absolute atomic E-state index is 5.81. The third kappa shape index (κ3) is 3.76. The number of hydrogen-bond donors (Lipinski definition) is 1. The Bertz CT molecular complexity index is 361. The second-order valence-electron chi connectivity index (χ2n) is 3.81. The van der Waals surface area contributed by atoms with Crippen molar-refractivity contribution in [2.75, 3.05) is 39.4 Å². The van der Waals surface area contributed by atoms with Crippen LogP contribution in [-0.2, 0) is 4.74 Å². The zero-order chi connectivity index (χ0) is 11.9. The van der Waals surface area contributed by atoms with Crippen molar-refractivity contribution in [2.45, 2.75) is 0 Å². The fourth-order valence-electron chi connectivity index (χ4n) is 1.65. The number of hydrogen-bond acceptors (Lipinski definition) is 5. The molecular formula is C11H17N5O. The van der Waals surface area contributed by atoms with Gasteiger partial charge in [-0.25, -0.2) is 4.98 Å². The average Bonchev–Trinajstić information content (AvgIpc) is 2.41. The quantitative estimate of drug-likeness (QED) is 0.563. The number of morpholine rings is 1. The lowest BCUT2D eigenvalue weighted by atomic mass is 10.4. The molecule has 0 aromatic carbocycles. The van der Waals surface area contributed by atoms with Gasteiger partial charge >= 0.3 is 0 Å². The van der Waals surface area contributed by atoms with Crippen LogP contribution in [0.15, 0.2) is 23.6 Å². The largest absolute Gasteiger partial charge is 0.382 e. The van der Waals surface area contributed by atoms with Gasteiger partial charge in [-0.15, -0.1) is 0 Å². The van der Waals surface area contributed by atoms with Crippen molar-refractivity contribution in [3.8, 4) is 0 Å². The molecule has 0 spiro atoms. The summed E-state index contributed by atoms with van der Waals surface area (Å²) in [6.07, 6.45) is 4.85. The second-order valence-corrected chi connectivity index (χ2v) is 3.81. The predicted molar refractivity (Wildman–Crippen MR) is 64.9 cm³/mol. The standard InChI is InChI=1S/C11H17N5O/c12-11(10-9-13-1-2-14-10)15-3-4-16-5-7-17-8-6-16/h1-2,9H,3-8H2,(H2,12,15). The van der Waals surface area contributed by atoms with Crippen molar-refractivity contribution in [1.29, 1.82) is 0 Å². The zero-order valence-electron chi connectivity index (χ0n) is 9.75. The number of nitrogens with zero attached hydrogens (tertiary/aromatic N) is 4. The van der Waals surface area contributed by atoms with Gasteiger partial charge in [0.1, 0.15) is 11.5 Å². The zero-order valence-corrected chi connectivity index (χ0v) is 9.75. The first-order chi connectivity index (χ1) is 8.36. The van der Waals surface area contributed by atoms with E-state index < -0.39 is 0 Å². The molecular weight excluding hydrogens is 218 g/mol. The molecule has 1 aromatic rings. The minimum Gasteiger partial charge on any atom is -0.382 e. The molecule has 0 aliphatic carbocycles. The molecule has 1 saturated heterocycles. The summed E-state index contributed by atoms with van der Waals surface area (Å²) in [7, 11) is 0. The van der Waals surface area contributed by atoms with Crippen LogP contribution < -0.4 is 5.73 Å². The molecule has 0 radical (unpaired) electrons. The minimum absolute atomic E-state index is 0.450. The van der Waals surface area contributed by atoms with Crippen LogP contribution in [0.1, 0.15) is 5.69 Å². The first kappa shape index (κ1) is 11.9. The van der Waals surface area contributed by atoms with Gasteiger partial charge in [-0.2, -0.15) is 0 Å². The third-order valence-electron chi connectivity index (χ3n) is 2.63. The number of amidine groups is 1. The Morgan fingerprint density at radius 1 is 1.41 bits per heavy atom. The van der Waals surface area contributed by atoms with Crippen LogP contribution in [0.5, 0.6) is 0 Å². The lowest BCUT2D eigenvalue weighted by molar-refractivity contribution is 0.0394. The van der Waals surface area contributed by atoms with Gasteiger partial charge in [0.05, 0.1) is 26.0 Å². The van der Waals surface area contributed by atoms with E-state index in [0.717, 1.165) is 32.8 Å². The molecule has 92 valence electrons. The van der Waals surface area contributed by atoms with Gasteiger partial charge in [-0.05, 0) is 0 Å². The van der Waals surface area contributed by atoms with Crippen molar-refractivity contribution in [1.82, 2.24) is 14.9 Å². The first-order valence-electron chi connectivity index (χ1n) is 5.72. The molecule has 2 heterocycles. The summed E-state index contributed by atoms with van der Waals surface area (Å²) in [5.74, 6) is 0.450. The third-order valence-corrected chi connectivity index (χ3v) is 2.63. The second kappa shape index (κ2) is 6.27. The summed E-state index contributed by atoms with van der Waals surface area (Å²) in [6.45, 7) is 5.15. The molecule has 1 fully saturated rings. The van der Waals surface area contributed by atoms with Crippen molar-refractivity contribution >= 4 is 5.84 Å². The van der Waals surface area contributed by atoms with Gasteiger partial charge in [0.25, 0.3) is 0 Å². The van der Waals surface area contributed by atoms with Gasteiger partial charge in [0.15, 0.2) is 0 Å². The van der Waals surface area contributed by atoms with Crippen LogP contribution in [0, 0.1) is 0 Å². The van der Waals surface area contributed by atoms with E-state index >= 15 is 0 Å². The molecule has 0 unspecified atom stereocenters. The highest BCUT2D eigenvalue weighted by molar-refractivity contribution is 5.95. The Hall–Kier alpha value is -1.53. The van der Waals surface area contributed by atoms with Gasteiger partial charge in [-0.1, -0.05) is 0 Å². The summed E-state index contributed by atoms with van der Waals surface area (Å²) < 4.78 is 5.28. The van der Waals surface area contributed by atoms with Crippen molar-refractivity contribution < 1.29 is 4.74 Å². The van der Waals surface area contributed by atoms with E-state index in [-0.39, 0.29) is 0 Å². The van der Waals surface area contributed by atoms with E-state index in [1.807, 2.05) is 0 Å². The van der Waals surface area contributed by atoms with Crippen molar-refractivity contribution in [3.63, 3.8) is 0 Å². The fraction of sp³-hybridized carbons (Fsp3) is 0.545. The molecule has 6 heteroatoms. The molecule has 1 aliphatic heterocycles. The van der Waals surface area contributed by atoms with E-state index in [0.29, 0.717) is 18.1 Å². The highest BCUT2D eigenvalue weighted by atomic mass is 16.5. The lowest BCUT2D eigenvalue weighted by Gasteiger charge is -2.25. The topological polar surface area (TPSA) is 76.6 Å². The van der Waals surface area contributed by atoms with Crippen LogP contribution in [0.3, 0.4) is 0 Å². The molecule has 0 atom stereocenters. The van der Waals surface area contributed by atoms with Crippen LogP contribution >= 0.6 is 0 Å². The van der Waals surface area contributed by atoms with Gasteiger partial charge < -0.3 is 10.5 Å². The molecule has 17 heavy (non-hydrogen) atoms. The Labute approximate surface area is 101 Å². The van der Waals surface area contributed by atoms with E-state index in [9.17, 15) is 0 Å². The molecule has 2 rings (SSSR count). The molecule has 1 aliphatic rings. The summed E-state index contributed by atoms with van der Waals surface area (Å²) in [4.78, 5) is 14.7. The van der Waals surface area contributed by atoms with E-state index in [1.54, 1.807) is 18.6 Å². The Kier molecular flexibility index (Phi) is 4.40. The summed E-state index contributed by atoms with van der Waals surface area (Å²) >= 11 is 0. The number of aromatic nitrogens is 2. The number of rotatable bonds is 4. The Morgan fingerprint density at radius 3 is 2.94 bits per heavy atom. The van der Waals surface area contributed by atoms with Gasteiger partial charge in [0, 0.05) is 32.0 Å². The monoisotopic (exact) mass is 235 g/mol. The number of ether oxygens (including phenoxy) is 1. The van der Waals surface area contributed by atoms with Crippen LogP contribution in [0.4, 0.5) is 0 Å². The molecule has 1 aromatic heterocycles. The maximum atomic E-state index is 5.81. The highest BCUT2D eigenvalue weighted by Crippen LogP contribution is 1.96. The predicted octanol–water partition coefficient (Wildman–Crippen LogP) is -0.486. The van der Waals surface area contributed by atoms with Crippen LogP contribution in [0.2, 0.25) is 0 Å². The molecule has 0 saturated carbocycles. The summed E-state index contributed by atoms with van der Waals surface area (Å²) in [5, 5.41) is 0. The van der Waals surface area contributed by atoms with E-state index in [4.69, 9.17) is 10.5 Å². The van der Waals surface area contributed by atoms with E-state index in [2.05, 4.69) is 19.9 Å². The fourth-order valence-corrected chi connectivity index (χ4v) is 1.65. The van der Waals surface area contributed by atoms with Crippen LogP contribution in [-0.4, -0.2) is 60.1 Å². The average molecular weight is 235 g/mol. The maximum Gasteiger partial charge on any atom is 0.146 e. The first-order valence-corrected chi connectivity index (χ1v) is 5.72. The number of nitrogens with two attached hydrogens (primary N) is 1. The van der Waals surface area contributed by atoms with E-state index in [1.165, 1.54) is 0 Å². The van der Waals surface area contributed by atoms with Gasteiger partial charge in [-0.3, -0.25) is 14.9 Å². The molecule has 6 nitrogen and oxygen atoms in total. The van der Waals surface area contributed by atoms with Gasteiger partial charge in [0.2, 0.25) is 0 Å². The molecule has 0 amide bonds. The highest BCUT2D eigenvalue weighted by Gasteiger charge is 2.09. The molecule has 0 bridgehead atoms. The minimum atomic E-state index is 0.450. The summed E-state index contributed by atoms with van der Waals surface area (Å²) in [5.41, 5.74) is 6.45. The van der Waals surface area contributed by atoms with Crippen molar-refractivity contribution in [2.24, 2.45) is 10.7 Å². The Morgan fingerprint density at radius 2 is 2.24 bits per heavy atom. The van der Waals surface area contributed by atoms with Crippen molar-refractivity contribution in [3.05, 3.63) is 24.3 Å². The van der Waals surface area contributed by atoms with Crippen LogP contribution in [0.25, 0.3) is 0 Å². The lowest BCUT2D eigenvalue weighted by Crippen LogP contribution is -2.38. The molecule has 2 N–H and O–H groups in total. The number of aliphatic imine (C=N–C) groups is 1. The Balaban J connectivity index is 1.80. The normalized spacial score (nSPS) is 18.2.